The van der Waals surface area contributed by atoms with Gasteiger partial charge in [-0.2, -0.15) is 0 Å². The van der Waals surface area contributed by atoms with E-state index in [9.17, 15) is 9.59 Å². The first kappa shape index (κ1) is 23.0. The summed E-state index contributed by atoms with van der Waals surface area (Å²) in [4.78, 5) is 45.1. The molecule has 35 heavy (non-hydrogen) atoms. The molecular weight excluding hydrogens is 448 g/mol. The number of nitrogens with two attached hydrogens (primary N) is 1. The van der Waals surface area contributed by atoms with Crippen molar-refractivity contribution in [1.29, 1.82) is 0 Å². The van der Waals surface area contributed by atoms with Crippen molar-refractivity contribution in [3.8, 4) is 0 Å². The van der Waals surface area contributed by atoms with Crippen molar-refractivity contribution < 1.29 is 14.3 Å². The first-order chi connectivity index (χ1) is 17.0. The van der Waals surface area contributed by atoms with Crippen LogP contribution in [0.4, 0.5) is 11.6 Å². The Morgan fingerprint density at radius 1 is 1.26 bits per heavy atom. The summed E-state index contributed by atoms with van der Waals surface area (Å²) in [6, 6.07) is 5.64. The monoisotopic (exact) mass is 478 g/mol. The highest BCUT2D eigenvalue weighted by atomic mass is 16.5. The van der Waals surface area contributed by atoms with Gasteiger partial charge in [0, 0.05) is 57.1 Å². The van der Waals surface area contributed by atoms with Crippen LogP contribution in [0.3, 0.4) is 0 Å². The number of likely N-dealkylation sites (tertiary alicyclic amines) is 1. The van der Waals surface area contributed by atoms with Gasteiger partial charge in [0.05, 0.1) is 12.1 Å². The number of piperidine rings is 1. The van der Waals surface area contributed by atoms with Gasteiger partial charge in [0.1, 0.15) is 23.6 Å². The number of carbonyl (C=O) groups excluding carboxylic acids is 2. The number of nitrogen functional groups attached to an aromatic ring is 1. The van der Waals surface area contributed by atoms with Crippen LogP contribution in [0, 0.1) is 0 Å². The van der Waals surface area contributed by atoms with Gasteiger partial charge in [0.2, 0.25) is 0 Å². The first-order valence-corrected chi connectivity index (χ1v) is 11.9. The van der Waals surface area contributed by atoms with Gasteiger partial charge in [-0.1, -0.05) is 0 Å². The third-order valence-corrected chi connectivity index (χ3v) is 7.08. The minimum atomic E-state index is -0.581. The molecule has 0 saturated carbocycles. The van der Waals surface area contributed by atoms with E-state index < -0.39 is 11.8 Å². The van der Waals surface area contributed by atoms with Crippen LogP contribution >= 0.6 is 0 Å². The van der Waals surface area contributed by atoms with Crippen molar-refractivity contribution in [2.45, 2.75) is 37.3 Å². The molecule has 184 valence electrons. The second-order valence-electron chi connectivity index (χ2n) is 9.12. The number of nitrogens with one attached hydrogen (secondary N) is 2. The van der Waals surface area contributed by atoms with Crippen molar-refractivity contribution in [2.24, 2.45) is 0 Å². The summed E-state index contributed by atoms with van der Waals surface area (Å²) >= 11 is 0. The van der Waals surface area contributed by atoms with Crippen molar-refractivity contribution >= 4 is 34.5 Å². The number of carbonyl (C=O) groups is 2. The fourth-order valence-corrected chi connectivity index (χ4v) is 5.18. The predicted molar refractivity (Wildman–Crippen MR) is 131 cm³/mol. The molecule has 2 fully saturated rings. The van der Waals surface area contributed by atoms with Crippen LogP contribution in [0.15, 0.2) is 36.9 Å². The Kier molecular flexibility index (Phi) is 6.49. The number of rotatable bonds is 5. The third kappa shape index (κ3) is 4.76. The number of methoxy groups -OCH3 is 1. The van der Waals surface area contributed by atoms with Crippen LogP contribution < -0.4 is 16.0 Å². The van der Waals surface area contributed by atoms with E-state index in [4.69, 9.17) is 10.5 Å². The van der Waals surface area contributed by atoms with Gasteiger partial charge < -0.3 is 30.6 Å². The minimum absolute atomic E-state index is 0.00235. The van der Waals surface area contributed by atoms with Gasteiger partial charge in [-0.15, -0.1) is 0 Å². The number of aromatic nitrogens is 4. The van der Waals surface area contributed by atoms with Crippen LogP contribution in [0.25, 0.3) is 11.0 Å². The maximum absolute atomic E-state index is 12.8. The number of nitrogens with zero attached hydrogens (tertiary/aromatic N) is 5. The summed E-state index contributed by atoms with van der Waals surface area (Å²) in [6.07, 6.45) is 7.52. The SMILES string of the molecule is CO[C@@H]1C[C@H](CNC(=O)C(=O)N2CCC(c3c[nH]c4ncccc34)CC2)N(c2cc(N)ncn2)C1. The lowest BCUT2D eigenvalue weighted by Crippen LogP contribution is -2.49. The van der Waals surface area contributed by atoms with Gasteiger partial charge in [-0.05, 0) is 42.9 Å². The Morgan fingerprint density at radius 2 is 2.09 bits per heavy atom. The van der Waals surface area contributed by atoms with E-state index in [2.05, 4.69) is 31.3 Å². The van der Waals surface area contributed by atoms with Gasteiger partial charge >= 0.3 is 11.8 Å². The van der Waals surface area contributed by atoms with Crippen molar-refractivity contribution in [3.05, 3.63) is 42.5 Å². The number of H-pyrrole nitrogens is 1. The molecule has 3 aromatic heterocycles. The molecule has 2 amide bonds. The lowest BCUT2D eigenvalue weighted by Gasteiger charge is -2.32. The molecule has 0 unspecified atom stereocenters. The number of pyridine rings is 1. The van der Waals surface area contributed by atoms with Gasteiger partial charge in [0.25, 0.3) is 0 Å². The molecule has 0 aliphatic carbocycles. The standard InChI is InChI=1S/C24H30N8O3/c1-35-17-9-16(32(13-17)21-10-20(25)29-14-30-21)11-28-23(33)24(34)31-7-4-15(5-8-31)19-12-27-22-18(19)3-2-6-26-22/h2-3,6,10,12,14-17H,4-5,7-9,11,13H2,1H3,(H,26,27)(H,28,33)(H2,25,29,30)/t16-,17-/m1/s1. The van der Waals surface area contributed by atoms with E-state index >= 15 is 0 Å². The summed E-state index contributed by atoms with van der Waals surface area (Å²) in [5.74, 6) is 0.322. The molecule has 4 N–H and O–H groups in total. The van der Waals surface area contributed by atoms with Crippen LogP contribution in [-0.4, -0.2) is 82.1 Å². The van der Waals surface area contributed by atoms with Gasteiger partial charge in [-0.3, -0.25) is 9.59 Å². The highest BCUT2D eigenvalue weighted by molar-refractivity contribution is 6.35. The summed E-state index contributed by atoms with van der Waals surface area (Å²) in [5.41, 5.74) is 7.92. The molecular formula is C24H30N8O3. The van der Waals surface area contributed by atoms with Crippen LogP contribution in [0.1, 0.15) is 30.7 Å². The highest BCUT2D eigenvalue weighted by Crippen LogP contribution is 2.32. The third-order valence-electron chi connectivity index (χ3n) is 7.08. The molecule has 2 saturated heterocycles. The molecule has 2 aliphatic heterocycles. The fraction of sp³-hybridized carbons (Fsp3) is 0.458. The van der Waals surface area contributed by atoms with E-state index in [1.165, 1.54) is 11.9 Å². The van der Waals surface area contributed by atoms with Crippen molar-refractivity contribution in [1.82, 2.24) is 30.2 Å². The van der Waals surface area contributed by atoms with E-state index in [1.807, 2.05) is 17.2 Å². The van der Waals surface area contributed by atoms with Gasteiger partial charge in [0.15, 0.2) is 0 Å². The quantitative estimate of drug-likeness (QED) is 0.462. The van der Waals surface area contributed by atoms with Crippen LogP contribution in [-0.2, 0) is 14.3 Å². The Balaban J connectivity index is 1.16. The zero-order chi connectivity index (χ0) is 24.4. The summed E-state index contributed by atoms with van der Waals surface area (Å²) in [6.45, 7) is 2.03. The number of hydrogen-bond donors (Lipinski definition) is 3. The number of aromatic amines is 1. The largest absolute Gasteiger partial charge is 0.384 e. The lowest BCUT2D eigenvalue weighted by molar-refractivity contribution is -0.146. The molecule has 0 spiro atoms. The topological polar surface area (TPSA) is 142 Å². The highest BCUT2D eigenvalue weighted by Gasteiger charge is 2.35. The number of ether oxygens (including phenoxy) is 1. The van der Waals surface area contributed by atoms with E-state index in [1.54, 1.807) is 24.3 Å². The van der Waals surface area contributed by atoms with Gasteiger partial charge in [-0.25, -0.2) is 15.0 Å². The Labute approximate surface area is 203 Å². The number of anilines is 2. The zero-order valence-corrected chi connectivity index (χ0v) is 19.7. The second-order valence-corrected chi connectivity index (χ2v) is 9.12. The maximum atomic E-state index is 12.8. The minimum Gasteiger partial charge on any atom is -0.384 e. The molecule has 2 atom stereocenters. The lowest BCUT2D eigenvalue weighted by atomic mass is 9.89. The average molecular weight is 479 g/mol. The summed E-state index contributed by atoms with van der Waals surface area (Å²) < 4.78 is 5.53. The van der Waals surface area contributed by atoms with E-state index in [0.29, 0.717) is 50.2 Å². The molecule has 0 radical (unpaired) electrons. The number of amides is 2. The zero-order valence-electron chi connectivity index (χ0n) is 19.7. The Bertz CT molecular complexity index is 1210. The first-order valence-electron chi connectivity index (χ1n) is 11.9. The molecule has 11 heteroatoms. The number of fused-ring (bicyclic) bond motifs is 1. The molecule has 3 aromatic rings. The molecule has 5 heterocycles. The molecule has 0 bridgehead atoms. The van der Waals surface area contributed by atoms with Crippen LogP contribution in [0.5, 0.6) is 0 Å². The number of hydrogen-bond acceptors (Lipinski definition) is 8. The average Bonchev–Trinajstić information content (AvgIpc) is 3.51. The normalized spacial score (nSPS) is 20.9. The predicted octanol–water partition coefficient (Wildman–Crippen LogP) is 1.05. The summed E-state index contributed by atoms with van der Waals surface area (Å²) in [5, 5.41) is 3.95. The summed E-state index contributed by atoms with van der Waals surface area (Å²) in [7, 11) is 1.66. The second kappa shape index (κ2) is 9.87. The van der Waals surface area contributed by atoms with Crippen molar-refractivity contribution in [3.63, 3.8) is 0 Å². The molecule has 2 aliphatic rings. The van der Waals surface area contributed by atoms with Crippen molar-refractivity contribution in [2.75, 3.05) is 43.9 Å². The molecule has 11 nitrogen and oxygen atoms in total. The maximum Gasteiger partial charge on any atom is 0.311 e. The molecule has 5 rings (SSSR count). The van der Waals surface area contributed by atoms with E-state index in [0.717, 1.165) is 23.9 Å². The Hall–Kier alpha value is -3.73. The van der Waals surface area contributed by atoms with E-state index in [-0.39, 0.29) is 12.1 Å². The fourth-order valence-electron chi connectivity index (χ4n) is 5.18. The Morgan fingerprint density at radius 3 is 2.86 bits per heavy atom. The smallest absolute Gasteiger partial charge is 0.311 e. The van der Waals surface area contributed by atoms with Crippen LogP contribution in [0.2, 0.25) is 0 Å². The molecule has 0 aromatic carbocycles.